The summed E-state index contributed by atoms with van der Waals surface area (Å²) in [6.07, 6.45) is 0.874. The van der Waals surface area contributed by atoms with Crippen LogP contribution in [0.5, 0.6) is 0 Å². The van der Waals surface area contributed by atoms with E-state index in [-0.39, 0.29) is 81.6 Å². The molecule has 7 rings (SSSR count). The van der Waals surface area contributed by atoms with Gasteiger partial charge < -0.3 is 70.9 Å². The Morgan fingerprint density at radius 2 is 1.08 bits per heavy atom. The molecule has 112 heavy (non-hydrogen) atoms. The second kappa shape index (κ2) is 41.7. The third kappa shape index (κ3) is 23.7. The van der Waals surface area contributed by atoms with Crippen LogP contribution in [0.3, 0.4) is 0 Å². The minimum atomic E-state index is -1.80. The molecule has 27 nitrogen and oxygen atoms in total. The molecule has 3 saturated heterocycles. The number of hydrogen-bond donors (Lipinski definition) is 6. The average Bonchev–Trinajstić information content (AvgIpc) is 1.73. The summed E-state index contributed by atoms with van der Waals surface area (Å²) in [6.45, 7) is 16.3. The minimum absolute atomic E-state index is 0.0382. The number of nitrogens with one attached hydrogen (secondary N) is 5. The van der Waals surface area contributed by atoms with Crippen LogP contribution in [-0.4, -0.2) is 262 Å². The summed E-state index contributed by atoms with van der Waals surface area (Å²) in [5, 5.41) is 25.8. The van der Waals surface area contributed by atoms with Crippen molar-refractivity contribution in [3.63, 3.8) is 0 Å². The van der Waals surface area contributed by atoms with Crippen LogP contribution < -0.4 is 26.6 Å². The number of aliphatic hydroxyl groups is 1. The maximum absolute atomic E-state index is 15.6. The second-order valence-corrected chi connectivity index (χ2v) is 31.8. The average molecular weight is 1570 g/mol. The van der Waals surface area contributed by atoms with Crippen molar-refractivity contribution >= 4 is 88.4 Å². The lowest BCUT2D eigenvalue weighted by molar-refractivity contribution is -0.153. The van der Waals surface area contributed by atoms with Gasteiger partial charge in [0.15, 0.2) is 0 Å². The molecule has 6 N–H and O–H groups in total. The summed E-state index contributed by atoms with van der Waals surface area (Å²) in [4.78, 5) is 206. The van der Waals surface area contributed by atoms with Gasteiger partial charge in [-0.25, -0.2) is 0 Å². The van der Waals surface area contributed by atoms with Crippen molar-refractivity contribution in [1.29, 1.82) is 0 Å². The summed E-state index contributed by atoms with van der Waals surface area (Å²) >= 11 is 6.54. The zero-order valence-corrected chi connectivity index (χ0v) is 68.5. The van der Waals surface area contributed by atoms with Crippen LogP contribution in [0, 0.1) is 17.8 Å². The maximum atomic E-state index is 15.6. The van der Waals surface area contributed by atoms with E-state index in [0.717, 1.165) is 34.6 Å². The Balaban J connectivity index is 1.23. The van der Waals surface area contributed by atoms with E-state index in [0.29, 0.717) is 41.2 Å². The van der Waals surface area contributed by atoms with Gasteiger partial charge in [-0.1, -0.05) is 163 Å². The Bertz CT molecular complexity index is 3920. The van der Waals surface area contributed by atoms with Crippen molar-refractivity contribution in [2.24, 2.45) is 17.8 Å². The summed E-state index contributed by atoms with van der Waals surface area (Å²) < 4.78 is 0. The van der Waals surface area contributed by atoms with Gasteiger partial charge in [0, 0.05) is 92.6 Å². The fourth-order valence-corrected chi connectivity index (χ4v) is 15.1. The van der Waals surface area contributed by atoms with Gasteiger partial charge in [-0.05, 0) is 118 Å². The van der Waals surface area contributed by atoms with Crippen LogP contribution in [0.4, 0.5) is 0 Å². The first-order valence-electron chi connectivity index (χ1n) is 39.3. The first-order chi connectivity index (χ1) is 53.0. The lowest BCUT2D eigenvalue weighted by Gasteiger charge is -2.38. The van der Waals surface area contributed by atoms with Crippen molar-refractivity contribution in [2.75, 3.05) is 61.9 Å². The highest BCUT2D eigenvalue weighted by Gasteiger charge is 2.46. The molecule has 610 valence electrons. The van der Waals surface area contributed by atoms with E-state index in [9.17, 15) is 29.1 Å². The van der Waals surface area contributed by atoms with Crippen molar-refractivity contribution in [2.45, 2.75) is 224 Å². The molecule has 0 saturated carbocycles. The van der Waals surface area contributed by atoms with Gasteiger partial charge in [-0.3, -0.25) is 62.3 Å². The van der Waals surface area contributed by atoms with Gasteiger partial charge >= 0.3 is 0 Å². The number of carbonyl (C=O) groups is 13. The Labute approximate surface area is 665 Å². The molecular weight excluding hydrogens is 1450 g/mol. The molecule has 28 heteroatoms. The molecule has 3 fully saturated rings. The second-order valence-electron chi connectivity index (χ2n) is 31.4. The summed E-state index contributed by atoms with van der Waals surface area (Å²) in [6, 6.07) is 16.9. The Kier molecular flexibility index (Phi) is 33.3. The van der Waals surface area contributed by atoms with Gasteiger partial charge in [0.2, 0.25) is 76.8 Å². The molecule has 0 bridgehead atoms. The van der Waals surface area contributed by atoms with Crippen LogP contribution >= 0.6 is 11.6 Å². The van der Waals surface area contributed by atoms with Gasteiger partial charge in [0.1, 0.15) is 72.5 Å². The summed E-state index contributed by atoms with van der Waals surface area (Å²) in [5.41, 5.74) is 2.50. The monoisotopic (exact) mass is 1570 g/mol. The van der Waals surface area contributed by atoms with Gasteiger partial charge in [0.25, 0.3) is 0 Å². The van der Waals surface area contributed by atoms with Crippen molar-refractivity contribution in [3.05, 3.63) is 143 Å². The molecule has 3 aliphatic rings. The predicted octanol–water partition coefficient (Wildman–Crippen LogP) is 4.96. The smallest absolute Gasteiger partial charge is 0.248 e. The number of hydrogen-bond acceptors (Lipinski definition) is 14. The normalized spacial score (nSPS) is 22.6. The van der Waals surface area contributed by atoms with Crippen LogP contribution in [0.1, 0.15) is 142 Å². The van der Waals surface area contributed by atoms with E-state index >= 15 is 38.4 Å². The molecule has 4 aromatic carbocycles. The molecule has 3 aliphatic heterocycles. The molecule has 0 aromatic heterocycles. The number of likely N-dealkylation sites (N-methyl/N-ethyl adjacent to an activating group) is 6. The highest BCUT2D eigenvalue weighted by Crippen LogP contribution is 2.27. The van der Waals surface area contributed by atoms with E-state index < -0.39 is 156 Å². The number of rotatable bonds is 25. The lowest BCUT2D eigenvalue weighted by Crippen LogP contribution is -2.63. The molecule has 3 heterocycles. The fourth-order valence-electron chi connectivity index (χ4n) is 14.9. The fraction of sp³-hybridized carbons (Fsp3) is 0.560. The summed E-state index contributed by atoms with van der Waals surface area (Å²) in [7, 11) is 8.38. The quantitative estimate of drug-likeness (QED) is 0.0511. The van der Waals surface area contributed by atoms with Crippen molar-refractivity contribution < 1.29 is 67.4 Å². The van der Waals surface area contributed by atoms with Crippen LogP contribution in [0.15, 0.2) is 115 Å². The van der Waals surface area contributed by atoms with Crippen molar-refractivity contribution in [3.8, 4) is 0 Å². The molecule has 14 atom stereocenters. The van der Waals surface area contributed by atoms with Crippen LogP contribution in [0.25, 0.3) is 0 Å². The highest BCUT2D eigenvalue weighted by atomic mass is 35.5. The number of piperidine rings is 1. The molecule has 0 spiro atoms. The van der Waals surface area contributed by atoms with Gasteiger partial charge in [-0.2, -0.15) is 0 Å². The maximum Gasteiger partial charge on any atom is 0.248 e. The standard InChI is InChI=1S/C84H118ClN13O14/c1-16-53(6)71(84(112)97-40-27-20-28-41-97)89-75(103)66(47-58-33-23-18-24-34-58)93(12)82(110)69(49-60-37-29-38-61(85)45-60)96(15)78(106)55(8)91(10)80(108)64-39-30-42-98(64)79(107)63-50-70(100)86-54(7)77(105)95(14)68(44-52(4)5)81(109)92(11)67(48-59-35-25-19-26-36-59)76(104)90-72(56(9)99)83(111)94(13)65(46-57-31-21-17-22-32-57)74(102)87-62(43-51(2)3)73(101)88-63/h17-19,21-26,29,31-38,45,51-56,62-69,71-72,99H,16,20,27-28,30,39-44,46-50H2,1-15H3,(H,86,100)(H,87,102)(H,88,101)(H,89,103)(H,90,104)/t53?,54-,55-,56+,62-,63-,64-,65-,66-,67-,68-,69-,71-,72-/m0/s1. The first-order valence-corrected chi connectivity index (χ1v) is 39.7. The van der Waals surface area contributed by atoms with E-state index in [1.54, 1.807) is 104 Å². The number of benzene rings is 4. The third-order valence-corrected chi connectivity index (χ3v) is 22.3. The zero-order valence-electron chi connectivity index (χ0n) is 67.7. The lowest BCUT2D eigenvalue weighted by atomic mass is 9.95. The van der Waals surface area contributed by atoms with E-state index in [4.69, 9.17) is 11.6 Å². The molecule has 4 aromatic rings. The Morgan fingerprint density at radius 1 is 0.562 bits per heavy atom. The SMILES string of the molecule is CCC(C)[C@H](NC(=O)[C@H](Cc1ccccc1)N(C)C(=O)[C@H](Cc1cccc(Cl)c1)N(C)C(=O)[C@H](C)N(C)C(=O)[C@@H]1CCCN1C(=O)[C@@H]1CC(=O)N[C@@H](C)C(=O)N(C)[C@@H](CC(C)C)C(=O)N(C)[C@@H](Cc2ccccc2)C(=O)N[C@@H]([C@@H](C)O)C(=O)N(C)[C@@H](Cc2ccccc2)C(=O)N[C@@H](CC(C)C)C(=O)N1)C(=O)N1CCCCC1. The number of likely N-dealkylation sites (tertiary alicyclic amines) is 2. The first kappa shape index (κ1) is 89.4. The minimum Gasteiger partial charge on any atom is -0.391 e. The number of amides is 13. The summed E-state index contributed by atoms with van der Waals surface area (Å²) in [5.74, 6) is -10.4. The number of aliphatic hydroxyl groups excluding tert-OH is 1. The van der Waals surface area contributed by atoms with E-state index in [1.807, 2.05) is 58.0 Å². The molecule has 1 unspecified atom stereocenters. The van der Waals surface area contributed by atoms with Gasteiger partial charge in [0.05, 0.1) is 12.5 Å². The third-order valence-electron chi connectivity index (χ3n) is 22.1. The Morgan fingerprint density at radius 3 is 1.62 bits per heavy atom. The van der Waals surface area contributed by atoms with Crippen LogP contribution in [-0.2, 0) is 88.0 Å². The molecule has 0 aliphatic carbocycles. The topological polar surface area (TPSA) is 328 Å². The molecule has 13 amide bonds. The molecular formula is C84H118ClN13O14. The van der Waals surface area contributed by atoms with Gasteiger partial charge in [-0.15, -0.1) is 0 Å². The number of halogens is 1. The van der Waals surface area contributed by atoms with Crippen molar-refractivity contribution in [1.82, 2.24) is 65.8 Å². The van der Waals surface area contributed by atoms with Crippen LogP contribution in [0.2, 0.25) is 5.02 Å². The van der Waals surface area contributed by atoms with E-state index in [1.165, 1.54) is 87.6 Å². The predicted molar refractivity (Wildman–Crippen MR) is 426 cm³/mol. The number of carbonyl (C=O) groups excluding carboxylic acids is 13. The van der Waals surface area contributed by atoms with E-state index in [2.05, 4.69) is 26.6 Å². The highest BCUT2D eigenvalue weighted by molar-refractivity contribution is 6.30. The Hall–Kier alpha value is -9.76. The molecule has 0 radical (unpaired) electrons. The number of nitrogens with zero attached hydrogens (tertiary/aromatic N) is 8. The largest absolute Gasteiger partial charge is 0.391 e. The zero-order chi connectivity index (χ0) is 82.5.